The van der Waals surface area contributed by atoms with E-state index in [0.29, 0.717) is 11.1 Å². The second-order valence-corrected chi connectivity index (χ2v) is 7.38. The second kappa shape index (κ2) is 11.0. The molecule has 159 valence electrons. The molecule has 1 heterocycles. The summed E-state index contributed by atoms with van der Waals surface area (Å²) in [7, 11) is 1.67. The summed E-state index contributed by atoms with van der Waals surface area (Å²) in [6.45, 7) is 5.34. The Morgan fingerprint density at radius 2 is 1.93 bits per heavy atom. The van der Waals surface area contributed by atoms with E-state index in [-0.39, 0.29) is 50.7 Å². The van der Waals surface area contributed by atoms with E-state index in [0.717, 1.165) is 37.7 Å². The van der Waals surface area contributed by atoms with E-state index < -0.39 is 12.4 Å². The molecule has 1 aromatic carbocycles. The van der Waals surface area contributed by atoms with E-state index in [2.05, 4.69) is 16.1 Å². The first-order chi connectivity index (χ1) is 13.9. The molecule has 0 bridgehead atoms. The van der Waals surface area contributed by atoms with Crippen molar-refractivity contribution >= 4 is 18.0 Å². The smallest absolute Gasteiger partial charge is 0.431 e. The van der Waals surface area contributed by atoms with E-state index >= 15 is 0 Å². The maximum absolute atomic E-state index is 13.3. The van der Waals surface area contributed by atoms with Crippen molar-refractivity contribution < 1.29 is 51.8 Å². The number of anilines is 1. The van der Waals surface area contributed by atoms with Gasteiger partial charge in [-0.3, -0.25) is 4.79 Å². The zero-order valence-corrected chi connectivity index (χ0v) is 20.8. The molecule has 0 N–H and O–H groups in total. The molecule has 8 nitrogen and oxygen atoms in total. The Morgan fingerprint density at radius 3 is 2.53 bits per heavy atom. The van der Waals surface area contributed by atoms with Gasteiger partial charge in [-0.15, -0.1) is 0 Å². The average Bonchev–Trinajstić information content (AvgIpc) is 3.08. The molecule has 1 unspecified atom stereocenters. The van der Waals surface area contributed by atoms with Gasteiger partial charge in [-0.1, -0.05) is 25.8 Å². The van der Waals surface area contributed by atoms with Crippen LogP contribution in [0.25, 0.3) is 0 Å². The van der Waals surface area contributed by atoms with Crippen LogP contribution in [0.2, 0.25) is 0 Å². The second-order valence-electron chi connectivity index (χ2n) is 7.38. The monoisotopic (exact) mass is 488 g/mol. The summed E-state index contributed by atoms with van der Waals surface area (Å²) in [4.78, 5) is 31.1. The largest absolute Gasteiger partial charge is 0.510 e. The molecule has 0 aliphatic heterocycles. The first-order valence-electron chi connectivity index (χ1n) is 9.91. The van der Waals surface area contributed by atoms with Crippen molar-refractivity contribution in [3.63, 3.8) is 0 Å². The van der Waals surface area contributed by atoms with E-state index in [1.165, 1.54) is 15.9 Å². The first kappa shape index (κ1) is 24.5. The molecule has 0 saturated heterocycles. The number of carbonyl (C=O) groups excluding carboxylic acids is 2. The van der Waals surface area contributed by atoms with Crippen molar-refractivity contribution in [3.05, 3.63) is 41.2 Å². The number of ether oxygens (including phenoxy) is 2. The van der Waals surface area contributed by atoms with Crippen LogP contribution in [0.5, 0.6) is 0 Å². The number of aryl methyl sites for hydroxylation is 3. The predicted molar refractivity (Wildman–Crippen MR) is 106 cm³/mol. The number of amides is 1. The molecule has 30 heavy (non-hydrogen) atoms. The molecule has 9 heteroatoms. The number of aromatic nitrogens is 3. The van der Waals surface area contributed by atoms with Crippen molar-refractivity contribution in [2.24, 2.45) is 7.05 Å². The number of nitrogens with zero attached hydrogens (tertiary/aromatic N) is 4. The molecule has 3 rings (SSSR count). The van der Waals surface area contributed by atoms with Crippen molar-refractivity contribution in [1.29, 1.82) is 0 Å². The fraction of sp³-hybridized carbons (Fsp3) is 0.524. The molecule has 0 spiro atoms. The van der Waals surface area contributed by atoms with Crippen molar-refractivity contribution in [3.8, 4) is 0 Å². The fourth-order valence-electron chi connectivity index (χ4n) is 3.57. The van der Waals surface area contributed by atoms with E-state index in [1.54, 1.807) is 20.0 Å². The van der Waals surface area contributed by atoms with E-state index in [4.69, 9.17) is 9.47 Å². The van der Waals surface area contributed by atoms with Crippen LogP contribution < -0.4 is 4.90 Å². The van der Waals surface area contributed by atoms with E-state index in [1.807, 2.05) is 19.9 Å². The molecule has 1 aliphatic rings. The summed E-state index contributed by atoms with van der Waals surface area (Å²) in [5.74, 6) is -0.0826. The summed E-state index contributed by atoms with van der Waals surface area (Å²) in [5.41, 5.74) is 2.10. The normalized spacial score (nSPS) is 15.1. The van der Waals surface area contributed by atoms with Crippen LogP contribution in [0.4, 0.5) is 10.7 Å². The van der Waals surface area contributed by atoms with Crippen molar-refractivity contribution in [1.82, 2.24) is 14.8 Å². The minimum absolute atomic E-state index is 0. The van der Waals surface area contributed by atoms with Crippen LogP contribution in [-0.4, -0.2) is 39.2 Å². The Kier molecular flexibility index (Phi) is 8.98. The van der Waals surface area contributed by atoms with Gasteiger partial charge in [-0.05, 0) is 32.6 Å². The standard InChI is InChI=1S/C21H27N4O4.Y/c1-14-10-11-18(15(2)12-14)19(26)25(20-22-13-23-24(20)4)16(3)28-21(27)29-17-8-6-5-7-9-17;/h10-11,13,16-17H,5-9H2,1-4H3;/q-1;. The summed E-state index contributed by atoms with van der Waals surface area (Å²) >= 11 is 0. The van der Waals surface area contributed by atoms with Gasteiger partial charge < -0.3 is 9.47 Å². The number of hydrogen-bond donors (Lipinski definition) is 0. The third-order valence-electron chi connectivity index (χ3n) is 5.09. The van der Waals surface area contributed by atoms with Gasteiger partial charge in [0.2, 0.25) is 11.9 Å². The number of rotatable bonds is 5. The Morgan fingerprint density at radius 1 is 1.23 bits per heavy atom. The van der Waals surface area contributed by atoms with Crippen LogP contribution in [-0.2, 0) is 49.2 Å². The summed E-state index contributed by atoms with van der Waals surface area (Å²) in [6.07, 6.45) is 4.43. The topological polar surface area (TPSA) is 86.5 Å². The third-order valence-corrected chi connectivity index (χ3v) is 5.09. The molecular weight excluding hydrogens is 461 g/mol. The van der Waals surface area contributed by atoms with E-state index in [9.17, 15) is 9.59 Å². The van der Waals surface area contributed by atoms with Gasteiger partial charge in [-0.25, -0.2) is 14.4 Å². The third kappa shape index (κ3) is 5.88. The number of carbonyl (C=O) groups is 2. The van der Waals surface area contributed by atoms with Crippen molar-refractivity contribution in [2.45, 2.75) is 65.2 Å². The average molecular weight is 488 g/mol. The van der Waals surface area contributed by atoms with Crippen LogP contribution in [0.1, 0.15) is 60.5 Å². The van der Waals surface area contributed by atoms with Crippen molar-refractivity contribution in [2.75, 3.05) is 4.90 Å². The van der Waals surface area contributed by atoms with Gasteiger partial charge in [0.15, 0.2) is 6.23 Å². The van der Waals surface area contributed by atoms with Gasteiger partial charge in [-0.2, -0.15) is 39.4 Å². The predicted octanol–water partition coefficient (Wildman–Crippen LogP) is 3.71. The van der Waals surface area contributed by atoms with Gasteiger partial charge in [0, 0.05) is 39.8 Å². The summed E-state index contributed by atoms with van der Waals surface area (Å²) in [5, 5.41) is 4.04. The molecule has 1 atom stereocenters. The quantitative estimate of drug-likeness (QED) is 0.363. The molecular formula is C21H27N4O4Y-. The van der Waals surface area contributed by atoms with Gasteiger partial charge in [0.05, 0.1) is 0 Å². The Bertz CT molecular complexity index is 880. The fourth-order valence-corrected chi connectivity index (χ4v) is 3.57. The molecule has 2 aromatic rings. The Hall–Kier alpha value is -1.80. The molecule has 1 radical (unpaired) electrons. The zero-order chi connectivity index (χ0) is 21.0. The van der Waals surface area contributed by atoms with Crippen LogP contribution in [0.3, 0.4) is 0 Å². The molecule has 1 fully saturated rings. The summed E-state index contributed by atoms with van der Waals surface area (Å²) < 4.78 is 12.3. The molecule has 1 amide bonds. The van der Waals surface area contributed by atoms with Gasteiger partial charge in [0.25, 0.3) is 0 Å². The number of benzene rings is 1. The van der Waals surface area contributed by atoms with Crippen LogP contribution in [0.15, 0.2) is 18.5 Å². The minimum Gasteiger partial charge on any atom is -0.431 e. The molecule has 1 aromatic heterocycles. The Labute approximate surface area is 202 Å². The maximum Gasteiger partial charge on any atom is 0.510 e. The minimum atomic E-state index is -0.929. The van der Waals surface area contributed by atoms with Gasteiger partial charge >= 0.3 is 6.16 Å². The Balaban J connectivity index is 0.00000320. The first-order valence-corrected chi connectivity index (χ1v) is 9.91. The maximum atomic E-state index is 13.3. The zero-order valence-electron chi connectivity index (χ0n) is 17.9. The van der Waals surface area contributed by atoms with Crippen LogP contribution in [0, 0.1) is 19.9 Å². The summed E-state index contributed by atoms with van der Waals surface area (Å²) in [6, 6.07) is 6.70. The molecule has 1 saturated carbocycles. The molecule has 1 aliphatic carbocycles. The van der Waals surface area contributed by atoms with Crippen LogP contribution >= 0.6 is 0 Å². The SMILES string of the molecule is Cc1[c-]c(C)c(C(=O)N(c2ncnn2C)C(C)OC(=O)OC2CCCCC2)cc1.[Y]. The number of hydrogen-bond acceptors (Lipinski definition) is 6. The van der Waals surface area contributed by atoms with Gasteiger partial charge in [0.1, 0.15) is 12.4 Å².